The summed E-state index contributed by atoms with van der Waals surface area (Å²) in [5.41, 5.74) is 1.01. The lowest BCUT2D eigenvalue weighted by Gasteiger charge is -2.11. The number of carbonyl (C=O) groups is 2. The third kappa shape index (κ3) is 4.23. The van der Waals surface area contributed by atoms with Gasteiger partial charge in [-0.1, -0.05) is 19.1 Å². The molecule has 1 saturated carbocycles. The molecule has 1 aromatic carbocycles. The van der Waals surface area contributed by atoms with E-state index >= 15 is 0 Å². The molecule has 2 N–H and O–H groups in total. The van der Waals surface area contributed by atoms with Gasteiger partial charge < -0.3 is 15.4 Å². The molecule has 3 atom stereocenters. The SMILES string of the molecule is CCC(C)NC(=O)C1CC1C(=O)NCc1ccc(OC)cc1. The summed E-state index contributed by atoms with van der Waals surface area (Å²) in [5.74, 6) is 0.408. The Morgan fingerprint density at radius 1 is 1.23 bits per heavy atom. The fourth-order valence-electron chi connectivity index (χ4n) is 2.29. The fourth-order valence-corrected chi connectivity index (χ4v) is 2.29. The van der Waals surface area contributed by atoms with E-state index in [4.69, 9.17) is 4.74 Å². The molecule has 1 aliphatic rings. The predicted octanol–water partition coefficient (Wildman–Crippen LogP) is 1.86. The molecule has 1 fully saturated rings. The minimum atomic E-state index is -0.178. The standard InChI is InChI=1S/C17H24N2O3/c1-4-11(2)19-17(21)15-9-14(15)16(20)18-10-12-5-7-13(22-3)8-6-12/h5-8,11,14-15H,4,9-10H2,1-3H3,(H,18,20)(H,19,21). The zero-order valence-corrected chi connectivity index (χ0v) is 13.4. The highest BCUT2D eigenvalue weighted by atomic mass is 16.5. The van der Waals surface area contributed by atoms with Gasteiger partial charge in [-0.25, -0.2) is 0 Å². The molecular formula is C17H24N2O3. The number of benzene rings is 1. The van der Waals surface area contributed by atoms with E-state index in [-0.39, 0.29) is 29.7 Å². The number of hydrogen-bond acceptors (Lipinski definition) is 3. The van der Waals surface area contributed by atoms with Crippen molar-refractivity contribution in [1.29, 1.82) is 0 Å². The quantitative estimate of drug-likeness (QED) is 0.808. The van der Waals surface area contributed by atoms with Gasteiger partial charge in [-0.2, -0.15) is 0 Å². The molecule has 0 radical (unpaired) electrons. The van der Waals surface area contributed by atoms with E-state index in [0.717, 1.165) is 17.7 Å². The maximum absolute atomic E-state index is 12.1. The first-order valence-electron chi connectivity index (χ1n) is 7.76. The minimum absolute atomic E-state index is 0.000975. The third-order valence-corrected chi connectivity index (χ3v) is 4.09. The summed E-state index contributed by atoms with van der Waals surface area (Å²) in [6.45, 7) is 4.47. The average Bonchev–Trinajstić information content (AvgIpc) is 3.33. The molecule has 5 heteroatoms. The Labute approximate surface area is 131 Å². The van der Waals surface area contributed by atoms with Gasteiger partial charge in [-0.3, -0.25) is 9.59 Å². The smallest absolute Gasteiger partial charge is 0.224 e. The van der Waals surface area contributed by atoms with Crippen molar-refractivity contribution in [3.05, 3.63) is 29.8 Å². The van der Waals surface area contributed by atoms with E-state index < -0.39 is 0 Å². The van der Waals surface area contributed by atoms with Crippen molar-refractivity contribution in [3.8, 4) is 5.75 Å². The summed E-state index contributed by atoms with van der Waals surface area (Å²) in [7, 11) is 1.62. The molecular weight excluding hydrogens is 280 g/mol. The van der Waals surface area contributed by atoms with Crippen LogP contribution in [0.4, 0.5) is 0 Å². The number of carbonyl (C=O) groups excluding carboxylic acids is 2. The molecule has 0 bridgehead atoms. The molecule has 0 spiro atoms. The number of amides is 2. The van der Waals surface area contributed by atoms with Crippen molar-refractivity contribution in [2.24, 2.45) is 11.8 Å². The van der Waals surface area contributed by atoms with Crippen LogP contribution in [0.5, 0.6) is 5.75 Å². The normalized spacial score (nSPS) is 20.9. The first-order chi connectivity index (χ1) is 10.5. The zero-order chi connectivity index (χ0) is 16.1. The fraction of sp³-hybridized carbons (Fsp3) is 0.529. The second kappa shape index (κ2) is 7.29. The number of rotatable bonds is 7. The van der Waals surface area contributed by atoms with Crippen molar-refractivity contribution in [2.75, 3.05) is 7.11 Å². The van der Waals surface area contributed by atoms with Gasteiger partial charge in [-0.05, 0) is 37.5 Å². The van der Waals surface area contributed by atoms with Crippen molar-refractivity contribution < 1.29 is 14.3 Å². The Bertz CT molecular complexity index is 527. The van der Waals surface area contributed by atoms with Crippen LogP contribution in [0.1, 0.15) is 32.3 Å². The second-order valence-electron chi connectivity index (χ2n) is 5.83. The van der Waals surface area contributed by atoms with E-state index in [2.05, 4.69) is 10.6 Å². The molecule has 0 aliphatic heterocycles. The average molecular weight is 304 g/mol. The van der Waals surface area contributed by atoms with Crippen LogP contribution in [0.2, 0.25) is 0 Å². The molecule has 5 nitrogen and oxygen atoms in total. The number of hydrogen-bond donors (Lipinski definition) is 2. The molecule has 1 aliphatic carbocycles. The van der Waals surface area contributed by atoms with E-state index in [9.17, 15) is 9.59 Å². The van der Waals surface area contributed by atoms with Crippen molar-refractivity contribution in [1.82, 2.24) is 10.6 Å². The largest absolute Gasteiger partial charge is 0.497 e. The predicted molar refractivity (Wildman–Crippen MR) is 84.3 cm³/mol. The lowest BCUT2D eigenvalue weighted by Crippen LogP contribution is -2.35. The van der Waals surface area contributed by atoms with Crippen molar-refractivity contribution in [2.45, 2.75) is 39.3 Å². The van der Waals surface area contributed by atoms with Crippen LogP contribution in [0, 0.1) is 11.8 Å². The maximum Gasteiger partial charge on any atom is 0.224 e. The second-order valence-corrected chi connectivity index (χ2v) is 5.83. The van der Waals surface area contributed by atoms with Gasteiger partial charge in [0.25, 0.3) is 0 Å². The highest BCUT2D eigenvalue weighted by Crippen LogP contribution is 2.38. The molecule has 1 aromatic rings. The first-order valence-corrected chi connectivity index (χ1v) is 7.76. The lowest BCUT2D eigenvalue weighted by molar-refractivity contribution is -0.127. The molecule has 3 unspecified atom stereocenters. The molecule has 120 valence electrons. The Morgan fingerprint density at radius 2 is 1.86 bits per heavy atom. The molecule has 0 heterocycles. The summed E-state index contributed by atoms with van der Waals surface area (Å²) in [6, 6.07) is 7.72. The zero-order valence-electron chi connectivity index (χ0n) is 13.4. The summed E-state index contributed by atoms with van der Waals surface area (Å²) in [5, 5.41) is 5.82. The van der Waals surface area contributed by atoms with E-state index in [1.54, 1.807) is 7.11 Å². The summed E-state index contributed by atoms with van der Waals surface area (Å²) in [6.07, 6.45) is 1.55. The minimum Gasteiger partial charge on any atom is -0.497 e. The van der Waals surface area contributed by atoms with Gasteiger partial charge >= 0.3 is 0 Å². The molecule has 0 saturated heterocycles. The Kier molecular flexibility index (Phi) is 5.41. The van der Waals surface area contributed by atoms with Crippen LogP contribution in [-0.2, 0) is 16.1 Å². The van der Waals surface area contributed by atoms with Crippen molar-refractivity contribution >= 4 is 11.8 Å². The van der Waals surface area contributed by atoms with Gasteiger partial charge in [0.05, 0.1) is 18.9 Å². The topological polar surface area (TPSA) is 67.4 Å². The highest BCUT2D eigenvalue weighted by molar-refractivity contribution is 5.92. The highest BCUT2D eigenvalue weighted by Gasteiger charge is 2.47. The number of nitrogens with one attached hydrogen (secondary N) is 2. The van der Waals surface area contributed by atoms with Crippen LogP contribution >= 0.6 is 0 Å². The van der Waals surface area contributed by atoms with E-state index in [0.29, 0.717) is 13.0 Å². The van der Waals surface area contributed by atoms with Crippen LogP contribution in [-0.4, -0.2) is 25.0 Å². The number of ether oxygens (including phenoxy) is 1. The number of methoxy groups -OCH3 is 1. The molecule has 2 rings (SSSR count). The Morgan fingerprint density at radius 3 is 2.45 bits per heavy atom. The van der Waals surface area contributed by atoms with Crippen LogP contribution in [0.25, 0.3) is 0 Å². The monoisotopic (exact) mass is 304 g/mol. The van der Waals surface area contributed by atoms with Crippen molar-refractivity contribution in [3.63, 3.8) is 0 Å². The van der Waals surface area contributed by atoms with E-state index in [1.807, 2.05) is 38.1 Å². The summed E-state index contributed by atoms with van der Waals surface area (Å²) in [4.78, 5) is 24.0. The van der Waals surface area contributed by atoms with E-state index in [1.165, 1.54) is 0 Å². The Balaban J connectivity index is 1.75. The van der Waals surface area contributed by atoms with Gasteiger partial charge in [-0.15, -0.1) is 0 Å². The molecule has 2 amide bonds. The molecule has 22 heavy (non-hydrogen) atoms. The Hall–Kier alpha value is -2.04. The summed E-state index contributed by atoms with van der Waals surface area (Å²) >= 11 is 0. The van der Waals surface area contributed by atoms with Crippen LogP contribution < -0.4 is 15.4 Å². The molecule has 0 aromatic heterocycles. The third-order valence-electron chi connectivity index (χ3n) is 4.09. The van der Waals surface area contributed by atoms with Gasteiger partial charge in [0.15, 0.2) is 0 Å². The van der Waals surface area contributed by atoms with Crippen LogP contribution in [0.15, 0.2) is 24.3 Å². The van der Waals surface area contributed by atoms with Gasteiger partial charge in [0, 0.05) is 12.6 Å². The lowest BCUT2D eigenvalue weighted by atomic mass is 10.2. The van der Waals surface area contributed by atoms with Crippen LogP contribution in [0.3, 0.4) is 0 Å². The summed E-state index contributed by atoms with van der Waals surface area (Å²) < 4.78 is 5.09. The van der Waals surface area contributed by atoms with Gasteiger partial charge in [0.2, 0.25) is 11.8 Å². The first kappa shape index (κ1) is 16.3. The van der Waals surface area contributed by atoms with Gasteiger partial charge in [0.1, 0.15) is 5.75 Å². The maximum atomic E-state index is 12.1.